The van der Waals surface area contributed by atoms with E-state index in [1.165, 1.54) is 0 Å². The van der Waals surface area contributed by atoms with E-state index in [1.54, 1.807) is 11.9 Å². The molecular weight excluding hydrogens is 450 g/mol. The Morgan fingerprint density at radius 2 is 1.80 bits per heavy atom. The van der Waals surface area contributed by atoms with Crippen LogP contribution >= 0.6 is 15.9 Å². The number of carbonyl (C=O) groups is 2. The Balaban J connectivity index is 1.61. The average Bonchev–Trinajstić information content (AvgIpc) is 3.17. The Bertz CT molecular complexity index is 876. The van der Waals surface area contributed by atoms with Gasteiger partial charge in [0.25, 0.3) is 0 Å². The van der Waals surface area contributed by atoms with Crippen LogP contribution in [0.1, 0.15) is 17.5 Å². The van der Waals surface area contributed by atoms with Crippen LogP contribution in [-0.4, -0.2) is 47.3 Å². The summed E-state index contributed by atoms with van der Waals surface area (Å²) < 4.78 is 6.02. The fraction of sp³-hybridized carbons (Fsp3) is 0.318. The zero-order valence-electron chi connectivity index (χ0n) is 16.7. The first kappa shape index (κ1) is 21.8. The molecule has 0 spiro atoms. The van der Waals surface area contributed by atoms with Crippen LogP contribution in [0.15, 0.2) is 65.8 Å². The molecule has 2 atom stereocenters. The zero-order chi connectivity index (χ0) is 21.3. The Morgan fingerprint density at radius 3 is 2.40 bits per heavy atom. The maximum atomic E-state index is 13.1. The third-order valence-electron chi connectivity index (χ3n) is 4.64. The minimum atomic E-state index is -0.758. The van der Waals surface area contributed by atoms with Gasteiger partial charge >= 0.3 is 6.09 Å². The molecule has 0 radical (unpaired) electrons. The molecule has 0 aliphatic carbocycles. The largest absolute Gasteiger partial charge is 0.445 e. The first-order valence-electron chi connectivity index (χ1n) is 9.65. The van der Waals surface area contributed by atoms with E-state index in [1.807, 2.05) is 60.7 Å². The van der Waals surface area contributed by atoms with Crippen molar-refractivity contribution in [1.82, 2.24) is 10.2 Å². The van der Waals surface area contributed by atoms with Crippen LogP contribution in [0.25, 0.3) is 0 Å². The van der Waals surface area contributed by atoms with Crippen LogP contribution in [0.2, 0.25) is 0 Å². The van der Waals surface area contributed by atoms with Gasteiger partial charge in [-0.3, -0.25) is 4.79 Å². The SMILES string of the molecule is CN(CC1CC(Br)=NO1)C(=O)C(Cc1ccccc1)NC(=O)OCc1ccccc1. The number of rotatable bonds is 8. The van der Waals surface area contributed by atoms with Crippen molar-refractivity contribution in [2.45, 2.75) is 31.6 Å². The number of carbonyl (C=O) groups excluding carboxylic acids is 2. The molecule has 1 aliphatic heterocycles. The lowest BCUT2D eigenvalue weighted by Crippen LogP contribution is -2.50. The highest BCUT2D eigenvalue weighted by molar-refractivity contribution is 9.18. The summed E-state index contributed by atoms with van der Waals surface area (Å²) in [6, 6.07) is 18.2. The molecule has 0 fully saturated rings. The summed E-state index contributed by atoms with van der Waals surface area (Å²) in [5.41, 5.74) is 1.82. The summed E-state index contributed by atoms with van der Waals surface area (Å²) in [5.74, 6) is -0.220. The molecule has 2 aromatic carbocycles. The predicted octanol–water partition coefficient (Wildman–Crippen LogP) is 3.48. The number of alkyl carbamates (subject to hydrolysis) is 1. The number of hydrogen-bond donors (Lipinski definition) is 1. The first-order chi connectivity index (χ1) is 14.5. The minimum Gasteiger partial charge on any atom is -0.445 e. The molecule has 7 nitrogen and oxygen atoms in total. The van der Waals surface area contributed by atoms with Crippen molar-refractivity contribution in [2.75, 3.05) is 13.6 Å². The maximum Gasteiger partial charge on any atom is 0.408 e. The predicted molar refractivity (Wildman–Crippen MR) is 117 cm³/mol. The van der Waals surface area contributed by atoms with E-state index in [9.17, 15) is 9.59 Å². The standard InChI is InChI=1S/C22H24BrN3O4/c1-26(14-18-13-20(23)25-30-18)21(27)19(12-16-8-4-2-5-9-16)24-22(28)29-15-17-10-6-3-7-11-17/h2-11,18-19H,12-15H2,1H3,(H,24,28). The maximum absolute atomic E-state index is 13.1. The highest BCUT2D eigenvalue weighted by Crippen LogP contribution is 2.16. The Hall–Kier alpha value is -2.87. The fourth-order valence-electron chi connectivity index (χ4n) is 3.11. The molecular formula is C22H24BrN3O4. The van der Waals surface area contributed by atoms with Crippen LogP contribution in [0.5, 0.6) is 0 Å². The molecule has 0 bridgehead atoms. The molecule has 1 N–H and O–H groups in total. The topological polar surface area (TPSA) is 80.2 Å². The molecule has 1 aliphatic rings. The first-order valence-corrected chi connectivity index (χ1v) is 10.4. The number of amides is 2. The summed E-state index contributed by atoms with van der Waals surface area (Å²) >= 11 is 3.30. The van der Waals surface area contributed by atoms with Gasteiger partial charge in [-0.05, 0) is 27.1 Å². The highest BCUT2D eigenvalue weighted by atomic mass is 79.9. The quantitative estimate of drug-likeness (QED) is 0.636. The molecule has 2 aromatic rings. The number of ether oxygens (including phenoxy) is 1. The van der Waals surface area contributed by atoms with Gasteiger partial charge in [0.15, 0.2) is 6.10 Å². The second-order valence-electron chi connectivity index (χ2n) is 7.07. The molecule has 30 heavy (non-hydrogen) atoms. The van der Waals surface area contributed by atoms with Gasteiger partial charge in [0.1, 0.15) is 17.3 Å². The van der Waals surface area contributed by atoms with E-state index < -0.39 is 12.1 Å². The molecule has 1 heterocycles. The van der Waals surface area contributed by atoms with E-state index in [0.717, 1.165) is 15.7 Å². The summed E-state index contributed by atoms with van der Waals surface area (Å²) in [6.45, 7) is 0.500. The average molecular weight is 474 g/mol. The summed E-state index contributed by atoms with van der Waals surface area (Å²) in [4.78, 5) is 32.3. The van der Waals surface area contributed by atoms with E-state index >= 15 is 0 Å². The van der Waals surface area contributed by atoms with Gasteiger partial charge in [-0.1, -0.05) is 65.8 Å². The summed E-state index contributed by atoms with van der Waals surface area (Å²) in [5, 5.41) is 6.57. The zero-order valence-corrected chi connectivity index (χ0v) is 18.2. The fourth-order valence-corrected chi connectivity index (χ4v) is 3.56. The van der Waals surface area contributed by atoms with E-state index in [2.05, 4.69) is 26.4 Å². The second-order valence-corrected chi connectivity index (χ2v) is 7.98. The number of nitrogens with one attached hydrogen (secondary N) is 1. The Labute approximate surface area is 184 Å². The van der Waals surface area contributed by atoms with Crippen molar-refractivity contribution in [1.29, 1.82) is 0 Å². The number of halogens is 1. The summed E-state index contributed by atoms with van der Waals surface area (Å²) in [6.07, 6.45) is 0.115. The van der Waals surface area contributed by atoms with Gasteiger partial charge < -0.3 is 19.8 Å². The van der Waals surface area contributed by atoms with Gasteiger partial charge in [-0.25, -0.2) is 4.79 Å². The smallest absolute Gasteiger partial charge is 0.408 e. The molecule has 0 aromatic heterocycles. The molecule has 0 saturated heterocycles. The van der Waals surface area contributed by atoms with Crippen molar-refractivity contribution in [2.24, 2.45) is 5.16 Å². The molecule has 2 amide bonds. The number of oxime groups is 1. The van der Waals surface area contributed by atoms with E-state index in [0.29, 0.717) is 19.4 Å². The highest BCUT2D eigenvalue weighted by Gasteiger charge is 2.29. The van der Waals surface area contributed by atoms with Crippen LogP contribution in [0.4, 0.5) is 4.79 Å². The lowest BCUT2D eigenvalue weighted by molar-refractivity contribution is -0.133. The summed E-state index contributed by atoms with van der Waals surface area (Å²) in [7, 11) is 1.69. The molecule has 0 saturated carbocycles. The molecule has 158 valence electrons. The van der Waals surface area contributed by atoms with Gasteiger partial charge in [0, 0.05) is 19.9 Å². The Kier molecular flexibility index (Phi) is 7.84. The van der Waals surface area contributed by atoms with Crippen molar-refractivity contribution in [3.05, 3.63) is 71.8 Å². The Morgan fingerprint density at radius 1 is 1.17 bits per heavy atom. The van der Waals surface area contributed by atoms with Crippen molar-refractivity contribution >= 4 is 32.6 Å². The lowest BCUT2D eigenvalue weighted by atomic mass is 10.0. The monoisotopic (exact) mass is 473 g/mol. The van der Waals surface area contributed by atoms with Crippen molar-refractivity contribution in [3.8, 4) is 0 Å². The van der Waals surface area contributed by atoms with Crippen LogP contribution in [0, 0.1) is 0 Å². The van der Waals surface area contributed by atoms with Gasteiger partial charge in [0.05, 0.1) is 6.54 Å². The molecule has 2 unspecified atom stereocenters. The minimum absolute atomic E-state index is 0.135. The third-order valence-corrected chi connectivity index (χ3v) is 5.10. The van der Waals surface area contributed by atoms with Gasteiger partial charge in [-0.2, -0.15) is 0 Å². The number of nitrogens with zero attached hydrogens (tertiary/aromatic N) is 2. The third kappa shape index (κ3) is 6.59. The lowest BCUT2D eigenvalue weighted by Gasteiger charge is -2.26. The van der Waals surface area contributed by atoms with Crippen LogP contribution in [0.3, 0.4) is 0 Å². The van der Waals surface area contributed by atoms with Crippen LogP contribution < -0.4 is 5.32 Å². The van der Waals surface area contributed by atoms with Crippen molar-refractivity contribution < 1.29 is 19.2 Å². The van der Waals surface area contributed by atoms with Crippen molar-refractivity contribution in [3.63, 3.8) is 0 Å². The van der Waals surface area contributed by atoms with Gasteiger partial charge in [-0.15, -0.1) is 0 Å². The molecule has 8 heteroatoms. The number of likely N-dealkylation sites (N-methyl/N-ethyl adjacent to an activating group) is 1. The van der Waals surface area contributed by atoms with Crippen LogP contribution in [-0.2, 0) is 27.4 Å². The van der Waals surface area contributed by atoms with Gasteiger partial charge in [0.2, 0.25) is 5.91 Å². The number of hydrogen-bond acceptors (Lipinski definition) is 5. The number of benzene rings is 2. The second kappa shape index (κ2) is 10.8. The molecule has 3 rings (SSSR count). The van der Waals surface area contributed by atoms with E-state index in [-0.39, 0.29) is 18.6 Å². The van der Waals surface area contributed by atoms with E-state index in [4.69, 9.17) is 9.57 Å². The normalized spacial score (nSPS) is 16.2.